The minimum atomic E-state index is -1.57. The average Bonchev–Trinajstić information content (AvgIpc) is 2.90. The van der Waals surface area contributed by atoms with E-state index < -0.39 is 49.5 Å². The number of methoxy groups -OCH3 is 2. The van der Waals surface area contributed by atoms with Crippen molar-refractivity contribution in [3.63, 3.8) is 0 Å². The number of hydrogen-bond acceptors (Lipinski definition) is 10. The average molecular weight is 508 g/mol. The van der Waals surface area contributed by atoms with E-state index in [1.807, 2.05) is 12.1 Å². The first-order valence-corrected chi connectivity index (χ1v) is 11.8. The zero-order valence-corrected chi connectivity index (χ0v) is 20.2. The Bertz CT molecular complexity index is 982. The minimum Gasteiger partial charge on any atom is -0.493 e. The molecular weight excluding hydrogens is 474 g/mol. The third-order valence-electron chi connectivity index (χ3n) is 6.96. The molecule has 2 fully saturated rings. The molecule has 198 valence electrons. The van der Waals surface area contributed by atoms with Crippen molar-refractivity contribution in [1.82, 2.24) is 4.90 Å². The summed E-state index contributed by atoms with van der Waals surface area (Å²) in [5, 5.41) is 39.8. The molecule has 8 atom stereocenters. The highest BCUT2D eigenvalue weighted by Crippen LogP contribution is 2.40. The zero-order chi connectivity index (χ0) is 26.0. The lowest BCUT2D eigenvalue weighted by molar-refractivity contribution is -0.339. The number of aliphatic hydroxyl groups excluding tert-OH is 4. The first-order chi connectivity index (χ1) is 17.3. The van der Waals surface area contributed by atoms with Crippen LogP contribution in [0.15, 0.2) is 42.7 Å². The molecule has 2 saturated heterocycles. The Labute approximate surface area is 209 Å². The van der Waals surface area contributed by atoms with Crippen molar-refractivity contribution in [2.45, 2.75) is 50.0 Å². The molecule has 3 aliphatic heterocycles. The third kappa shape index (κ3) is 4.95. The standard InChI is InChI=1S/C25H33NO10/c1-4-14-15-7-8-26(10-13-5-6-17(32-2)18(9-13)33-3)23(31)16(15)12-34-24(14)36-25-22(30)21(29)20(28)19(11-27)35-25/h4-6,9,12,14-15,19-22,24-25,27-30H,1,7-8,10-11H2,2-3H3/t14-,15+,19-,20-,21+,22-,24+,25+/m1/s1. The minimum absolute atomic E-state index is 0.167. The Morgan fingerprint density at radius 2 is 1.86 bits per heavy atom. The van der Waals surface area contributed by atoms with Crippen LogP contribution >= 0.6 is 0 Å². The summed E-state index contributed by atoms with van der Waals surface area (Å²) >= 11 is 0. The van der Waals surface area contributed by atoms with Crippen LogP contribution in [-0.4, -0.2) is 95.6 Å². The molecule has 36 heavy (non-hydrogen) atoms. The fraction of sp³-hybridized carbons (Fsp3) is 0.560. The van der Waals surface area contributed by atoms with Crippen molar-refractivity contribution < 1.29 is 48.9 Å². The lowest BCUT2D eigenvalue weighted by atomic mass is 9.79. The first kappa shape index (κ1) is 26.4. The molecule has 3 aliphatic rings. The van der Waals surface area contributed by atoms with Gasteiger partial charge in [-0.3, -0.25) is 4.79 Å². The van der Waals surface area contributed by atoms with Crippen LogP contribution < -0.4 is 9.47 Å². The highest BCUT2D eigenvalue weighted by Gasteiger charge is 2.48. The number of carbonyl (C=O) groups excluding carboxylic acids is 1. The highest BCUT2D eigenvalue weighted by atomic mass is 16.8. The van der Waals surface area contributed by atoms with Crippen LogP contribution in [0, 0.1) is 11.8 Å². The van der Waals surface area contributed by atoms with Gasteiger partial charge < -0.3 is 49.0 Å². The van der Waals surface area contributed by atoms with Gasteiger partial charge in [0.2, 0.25) is 6.29 Å². The van der Waals surface area contributed by atoms with E-state index in [9.17, 15) is 25.2 Å². The summed E-state index contributed by atoms with van der Waals surface area (Å²) in [7, 11) is 3.12. The molecule has 4 rings (SSSR count). The summed E-state index contributed by atoms with van der Waals surface area (Å²) in [5.41, 5.74) is 1.38. The molecule has 0 aromatic heterocycles. The largest absolute Gasteiger partial charge is 0.493 e. The van der Waals surface area contributed by atoms with Gasteiger partial charge >= 0.3 is 0 Å². The number of fused-ring (bicyclic) bond motifs is 1. The van der Waals surface area contributed by atoms with Crippen LogP contribution in [0.5, 0.6) is 11.5 Å². The smallest absolute Gasteiger partial charge is 0.253 e. The van der Waals surface area contributed by atoms with Crippen LogP contribution in [0.2, 0.25) is 0 Å². The Balaban J connectivity index is 1.46. The molecule has 3 heterocycles. The van der Waals surface area contributed by atoms with Gasteiger partial charge in [-0.05, 0) is 24.1 Å². The number of hydrogen-bond donors (Lipinski definition) is 4. The van der Waals surface area contributed by atoms with Gasteiger partial charge in [0.1, 0.15) is 24.4 Å². The Morgan fingerprint density at radius 1 is 1.11 bits per heavy atom. The molecule has 0 spiro atoms. The quantitative estimate of drug-likeness (QED) is 0.352. The van der Waals surface area contributed by atoms with E-state index in [0.717, 1.165) is 5.56 Å². The van der Waals surface area contributed by atoms with Crippen LogP contribution in [-0.2, 0) is 25.5 Å². The number of ether oxygens (including phenoxy) is 5. The molecule has 11 nitrogen and oxygen atoms in total. The number of aliphatic hydroxyl groups is 4. The van der Waals surface area contributed by atoms with Gasteiger partial charge in [-0.15, -0.1) is 6.58 Å². The van der Waals surface area contributed by atoms with E-state index in [1.54, 1.807) is 31.3 Å². The second-order valence-corrected chi connectivity index (χ2v) is 9.04. The van der Waals surface area contributed by atoms with Crippen LogP contribution in [0.3, 0.4) is 0 Å². The molecule has 0 aliphatic carbocycles. The van der Waals surface area contributed by atoms with Crippen LogP contribution in [0.4, 0.5) is 0 Å². The van der Waals surface area contributed by atoms with Crippen molar-refractivity contribution in [3.8, 4) is 11.5 Å². The topological polar surface area (TPSA) is 147 Å². The van der Waals surface area contributed by atoms with Crippen molar-refractivity contribution in [2.75, 3.05) is 27.4 Å². The lowest BCUT2D eigenvalue weighted by Crippen LogP contribution is -2.60. The molecule has 1 amide bonds. The normalized spacial score (nSPS) is 34.3. The van der Waals surface area contributed by atoms with Gasteiger partial charge in [0.25, 0.3) is 5.91 Å². The van der Waals surface area contributed by atoms with Crippen LogP contribution in [0.25, 0.3) is 0 Å². The van der Waals surface area contributed by atoms with E-state index >= 15 is 0 Å². The van der Waals surface area contributed by atoms with E-state index in [2.05, 4.69) is 6.58 Å². The highest BCUT2D eigenvalue weighted by molar-refractivity contribution is 5.94. The number of rotatable bonds is 8. The first-order valence-electron chi connectivity index (χ1n) is 11.8. The number of benzene rings is 1. The van der Waals surface area contributed by atoms with Crippen molar-refractivity contribution >= 4 is 5.91 Å². The van der Waals surface area contributed by atoms with Crippen molar-refractivity contribution in [2.24, 2.45) is 11.8 Å². The molecule has 0 unspecified atom stereocenters. The van der Waals surface area contributed by atoms with E-state index in [0.29, 0.717) is 36.6 Å². The number of piperidine rings is 1. The summed E-state index contributed by atoms with van der Waals surface area (Å²) in [6.45, 7) is 4.18. The molecule has 1 aromatic rings. The summed E-state index contributed by atoms with van der Waals surface area (Å²) in [6, 6.07) is 5.51. The number of nitrogens with zero attached hydrogens (tertiary/aromatic N) is 1. The van der Waals surface area contributed by atoms with E-state index in [4.69, 9.17) is 23.7 Å². The summed E-state index contributed by atoms with van der Waals surface area (Å²) in [6.07, 6.45) is -4.43. The van der Waals surface area contributed by atoms with Gasteiger partial charge in [0, 0.05) is 24.9 Å². The SMILES string of the molecule is C=C[C@H]1[C@H](O[C@@H]2O[C@H](CO)[C@@H](O)[C@H](O)[C@H]2O)OC=C2C(=O)N(Cc3ccc(OC)c(OC)c3)CC[C@H]21. The molecule has 11 heteroatoms. The van der Waals surface area contributed by atoms with E-state index in [1.165, 1.54) is 6.26 Å². The number of likely N-dealkylation sites (tertiary alicyclic amines) is 1. The van der Waals surface area contributed by atoms with Gasteiger partial charge in [-0.25, -0.2) is 0 Å². The predicted octanol–water partition coefficient (Wildman–Crippen LogP) is -0.0888. The molecule has 0 radical (unpaired) electrons. The fourth-order valence-corrected chi connectivity index (χ4v) is 4.91. The maximum atomic E-state index is 13.3. The van der Waals surface area contributed by atoms with Gasteiger partial charge in [0.15, 0.2) is 17.8 Å². The Hall–Kier alpha value is -2.67. The summed E-state index contributed by atoms with van der Waals surface area (Å²) in [4.78, 5) is 15.0. The zero-order valence-electron chi connectivity index (χ0n) is 20.2. The Kier molecular flexibility index (Phi) is 8.18. The second-order valence-electron chi connectivity index (χ2n) is 9.04. The predicted molar refractivity (Wildman–Crippen MR) is 125 cm³/mol. The molecule has 4 N–H and O–H groups in total. The van der Waals surface area contributed by atoms with E-state index in [-0.39, 0.29) is 11.8 Å². The molecular formula is C25H33NO10. The number of amides is 1. The van der Waals surface area contributed by atoms with Gasteiger partial charge in [-0.1, -0.05) is 12.1 Å². The van der Waals surface area contributed by atoms with Gasteiger partial charge in [-0.2, -0.15) is 0 Å². The third-order valence-corrected chi connectivity index (χ3v) is 6.96. The van der Waals surface area contributed by atoms with Crippen LogP contribution in [0.1, 0.15) is 12.0 Å². The van der Waals surface area contributed by atoms with Crippen molar-refractivity contribution in [1.29, 1.82) is 0 Å². The fourth-order valence-electron chi connectivity index (χ4n) is 4.91. The maximum absolute atomic E-state index is 13.3. The summed E-state index contributed by atoms with van der Waals surface area (Å²) in [5.74, 6) is 0.343. The molecule has 0 bridgehead atoms. The van der Waals surface area contributed by atoms with Crippen molar-refractivity contribution in [3.05, 3.63) is 48.3 Å². The molecule has 1 aromatic carbocycles. The Morgan fingerprint density at radius 3 is 2.53 bits per heavy atom. The summed E-state index contributed by atoms with van der Waals surface area (Å²) < 4.78 is 27.6. The molecule has 0 saturated carbocycles. The second kappa shape index (κ2) is 11.2. The maximum Gasteiger partial charge on any atom is 0.253 e. The lowest BCUT2D eigenvalue weighted by Gasteiger charge is -2.44. The van der Waals surface area contributed by atoms with Gasteiger partial charge in [0.05, 0.1) is 32.7 Å². The number of carbonyl (C=O) groups is 1. The monoisotopic (exact) mass is 507 g/mol.